The zero-order valence-corrected chi connectivity index (χ0v) is 11.5. The lowest BCUT2D eigenvalue weighted by atomic mass is 10.0. The molecular weight excluding hydrogens is 242 g/mol. The van der Waals surface area contributed by atoms with Gasteiger partial charge in [0.05, 0.1) is 18.0 Å². The van der Waals surface area contributed by atoms with Crippen LogP contribution in [-0.2, 0) is 16.0 Å². The van der Waals surface area contributed by atoms with E-state index in [2.05, 4.69) is 5.32 Å². The van der Waals surface area contributed by atoms with E-state index in [4.69, 9.17) is 10.5 Å². The highest BCUT2D eigenvalue weighted by Crippen LogP contribution is 2.32. The Labute approximate surface area is 113 Å². The molecule has 0 spiro atoms. The van der Waals surface area contributed by atoms with Crippen LogP contribution in [-0.4, -0.2) is 32.7 Å². The van der Waals surface area contributed by atoms with Crippen LogP contribution < -0.4 is 16.0 Å². The Morgan fingerprint density at radius 1 is 1.42 bits per heavy atom. The quantitative estimate of drug-likeness (QED) is 0.626. The molecule has 1 aliphatic rings. The maximum absolute atomic E-state index is 11.4. The molecule has 1 aliphatic heterocycles. The molecule has 0 aliphatic carbocycles. The molecule has 0 fully saturated rings. The summed E-state index contributed by atoms with van der Waals surface area (Å²) in [4.78, 5) is 13.5. The van der Waals surface area contributed by atoms with Crippen molar-refractivity contribution < 1.29 is 9.53 Å². The molecule has 5 heteroatoms. The number of carbonyl (C=O) groups excluding carboxylic acids is 1. The topological polar surface area (TPSA) is 67.6 Å². The average molecular weight is 263 g/mol. The fourth-order valence-electron chi connectivity index (χ4n) is 2.23. The fourth-order valence-corrected chi connectivity index (χ4v) is 2.23. The summed E-state index contributed by atoms with van der Waals surface area (Å²) in [6, 6.07) is 3.91. The number of benzene rings is 1. The van der Waals surface area contributed by atoms with Gasteiger partial charge in [-0.1, -0.05) is 0 Å². The van der Waals surface area contributed by atoms with Gasteiger partial charge in [0.2, 0.25) is 5.91 Å². The van der Waals surface area contributed by atoms with Crippen LogP contribution in [0.4, 0.5) is 17.1 Å². The van der Waals surface area contributed by atoms with Gasteiger partial charge in [-0.05, 0) is 31.0 Å². The van der Waals surface area contributed by atoms with Crippen molar-refractivity contribution in [2.24, 2.45) is 0 Å². The molecule has 0 atom stereocenters. The molecule has 0 radical (unpaired) electrons. The number of nitrogens with one attached hydrogen (secondary N) is 1. The number of amides is 1. The highest BCUT2D eigenvalue weighted by atomic mass is 16.5. The molecule has 0 aromatic heterocycles. The molecule has 1 aromatic rings. The Hall–Kier alpha value is -1.75. The summed E-state index contributed by atoms with van der Waals surface area (Å²) in [6.07, 6.45) is 1.29. The van der Waals surface area contributed by atoms with E-state index in [9.17, 15) is 4.79 Å². The van der Waals surface area contributed by atoms with E-state index in [1.54, 1.807) is 0 Å². The third kappa shape index (κ3) is 3.17. The minimum absolute atomic E-state index is 0.0696. The molecular formula is C14H21N3O2. The molecule has 104 valence electrons. The maximum atomic E-state index is 11.4. The van der Waals surface area contributed by atoms with Gasteiger partial charge in [0.1, 0.15) is 0 Å². The first-order chi connectivity index (χ1) is 9.11. The van der Waals surface area contributed by atoms with Gasteiger partial charge in [-0.2, -0.15) is 0 Å². The lowest BCUT2D eigenvalue weighted by molar-refractivity contribution is -0.116. The van der Waals surface area contributed by atoms with Gasteiger partial charge in [-0.15, -0.1) is 0 Å². The summed E-state index contributed by atoms with van der Waals surface area (Å²) in [6.45, 7) is 4.12. The summed E-state index contributed by atoms with van der Waals surface area (Å²) in [7, 11) is 1.97. The SMILES string of the molecule is CCOCCN(C)c1cc2c(cc1N)CCC(=O)N2. The Kier molecular flexibility index (Phi) is 4.27. The molecule has 0 saturated carbocycles. The van der Waals surface area contributed by atoms with E-state index in [-0.39, 0.29) is 5.91 Å². The number of nitrogens with zero attached hydrogens (tertiary/aromatic N) is 1. The second-order valence-corrected chi connectivity index (χ2v) is 4.73. The Bertz CT molecular complexity index is 474. The first-order valence-corrected chi connectivity index (χ1v) is 6.63. The Balaban J connectivity index is 2.16. The highest BCUT2D eigenvalue weighted by molar-refractivity contribution is 5.95. The monoisotopic (exact) mass is 263 g/mol. The third-order valence-electron chi connectivity index (χ3n) is 3.33. The van der Waals surface area contributed by atoms with Crippen molar-refractivity contribution in [2.45, 2.75) is 19.8 Å². The maximum Gasteiger partial charge on any atom is 0.224 e. The fraction of sp³-hybridized carbons (Fsp3) is 0.500. The zero-order valence-electron chi connectivity index (χ0n) is 11.5. The number of nitrogen functional groups attached to an aromatic ring is 1. The second kappa shape index (κ2) is 5.93. The normalized spacial score (nSPS) is 13.9. The number of nitrogens with two attached hydrogens (primary N) is 1. The standard InChI is InChI=1S/C14H21N3O2/c1-3-19-7-6-17(2)13-9-12-10(8-11(13)15)4-5-14(18)16-12/h8-9H,3-7,15H2,1-2H3,(H,16,18). The Morgan fingerprint density at radius 3 is 2.95 bits per heavy atom. The van der Waals surface area contributed by atoms with E-state index in [0.29, 0.717) is 19.6 Å². The number of anilines is 3. The molecule has 1 heterocycles. The minimum Gasteiger partial charge on any atom is -0.397 e. The van der Waals surface area contributed by atoms with Gasteiger partial charge in [0.15, 0.2) is 0 Å². The van der Waals surface area contributed by atoms with Crippen molar-refractivity contribution in [3.63, 3.8) is 0 Å². The number of fused-ring (bicyclic) bond motifs is 1. The lowest BCUT2D eigenvalue weighted by Gasteiger charge is -2.25. The smallest absolute Gasteiger partial charge is 0.224 e. The van der Waals surface area contributed by atoms with Gasteiger partial charge in [0.25, 0.3) is 0 Å². The Morgan fingerprint density at radius 2 is 2.21 bits per heavy atom. The van der Waals surface area contributed by atoms with Crippen LogP contribution in [0.3, 0.4) is 0 Å². The van der Waals surface area contributed by atoms with Gasteiger partial charge in [0, 0.05) is 32.3 Å². The van der Waals surface area contributed by atoms with Gasteiger partial charge in [-0.25, -0.2) is 0 Å². The van der Waals surface area contributed by atoms with Gasteiger partial charge in [-0.3, -0.25) is 4.79 Å². The van der Waals surface area contributed by atoms with Crippen molar-refractivity contribution in [1.82, 2.24) is 0 Å². The van der Waals surface area contributed by atoms with Crippen molar-refractivity contribution in [3.8, 4) is 0 Å². The van der Waals surface area contributed by atoms with Gasteiger partial charge >= 0.3 is 0 Å². The summed E-state index contributed by atoms with van der Waals surface area (Å²) < 4.78 is 5.34. The number of carbonyl (C=O) groups is 1. The first-order valence-electron chi connectivity index (χ1n) is 6.63. The van der Waals surface area contributed by atoms with Crippen LogP contribution in [0.25, 0.3) is 0 Å². The summed E-state index contributed by atoms with van der Waals surface area (Å²) in [5.41, 5.74) is 9.75. The molecule has 5 nitrogen and oxygen atoms in total. The van der Waals surface area contributed by atoms with E-state index in [1.165, 1.54) is 0 Å². The molecule has 1 amide bonds. The molecule has 3 N–H and O–H groups in total. The van der Waals surface area contributed by atoms with Crippen LogP contribution in [0.2, 0.25) is 0 Å². The van der Waals surface area contributed by atoms with Crippen molar-refractivity contribution >= 4 is 23.0 Å². The number of likely N-dealkylation sites (N-methyl/N-ethyl adjacent to an activating group) is 1. The number of rotatable bonds is 5. The summed E-state index contributed by atoms with van der Waals surface area (Å²) >= 11 is 0. The first kappa shape index (κ1) is 13.7. The third-order valence-corrected chi connectivity index (χ3v) is 3.33. The predicted molar refractivity (Wildman–Crippen MR) is 77.6 cm³/mol. The van der Waals surface area contributed by atoms with E-state index >= 15 is 0 Å². The van der Waals surface area contributed by atoms with Crippen molar-refractivity contribution in [1.29, 1.82) is 0 Å². The highest BCUT2D eigenvalue weighted by Gasteiger charge is 2.17. The summed E-state index contributed by atoms with van der Waals surface area (Å²) in [5.74, 6) is 0.0696. The van der Waals surface area contributed by atoms with Crippen molar-refractivity contribution in [3.05, 3.63) is 17.7 Å². The molecule has 19 heavy (non-hydrogen) atoms. The zero-order chi connectivity index (χ0) is 13.8. The van der Waals surface area contributed by atoms with Crippen LogP contribution in [0.1, 0.15) is 18.9 Å². The number of ether oxygens (including phenoxy) is 1. The molecule has 1 aromatic carbocycles. The number of hydrogen-bond donors (Lipinski definition) is 2. The summed E-state index contributed by atoms with van der Waals surface area (Å²) in [5, 5.41) is 2.90. The van der Waals surface area contributed by atoms with Crippen LogP contribution in [0, 0.1) is 0 Å². The lowest BCUT2D eigenvalue weighted by Crippen LogP contribution is -2.25. The van der Waals surface area contributed by atoms with Crippen LogP contribution >= 0.6 is 0 Å². The molecule has 0 bridgehead atoms. The van der Waals surface area contributed by atoms with Gasteiger partial charge < -0.3 is 20.7 Å². The molecule has 0 saturated heterocycles. The molecule has 0 unspecified atom stereocenters. The minimum atomic E-state index is 0.0696. The van der Waals surface area contributed by atoms with E-state index < -0.39 is 0 Å². The predicted octanol–water partition coefficient (Wildman–Crippen LogP) is 1.63. The van der Waals surface area contributed by atoms with Crippen LogP contribution in [0.5, 0.6) is 0 Å². The average Bonchev–Trinajstić information content (AvgIpc) is 2.38. The largest absolute Gasteiger partial charge is 0.397 e. The van der Waals surface area contributed by atoms with E-state index in [0.717, 1.165) is 35.6 Å². The molecule has 2 rings (SSSR count). The second-order valence-electron chi connectivity index (χ2n) is 4.73. The van der Waals surface area contributed by atoms with Crippen LogP contribution in [0.15, 0.2) is 12.1 Å². The number of aryl methyl sites for hydroxylation is 1. The van der Waals surface area contributed by atoms with E-state index in [1.807, 2.05) is 31.0 Å². The van der Waals surface area contributed by atoms with Crippen molar-refractivity contribution in [2.75, 3.05) is 42.8 Å². The number of hydrogen-bond acceptors (Lipinski definition) is 4.